The van der Waals surface area contributed by atoms with Crippen LogP contribution in [-0.4, -0.2) is 12.5 Å². The van der Waals surface area contributed by atoms with Crippen molar-refractivity contribution >= 4 is 17.5 Å². The molecule has 1 aromatic rings. The molecule has 0 heterocycles. The van der Waals surface area contributed by atoms with Gasteiger partial charge in [-0.1, -0.05) is 18.5 Å². The van der Waals surface area contributed by atoms with Crippen molar-refractivity contribution in [3.8, 4) is 0 Å². The van der Waals surface area contributed by atoms with Crippen molar-refractivity contribution in [2.75, 3.05) is 6.54 Å². The molecule has 76 valence electrons. The molecular weight excluding hydrogens is 198 g/mol. The van der Waals surface area contributed by atoms with E-state index in [1.807, 2.05) is 26.0 Å². The highest BCUT2D eigenvalue weighted by Crippen LogP contribution is 2.14. The monoisotopic (exact) mass is 211 g/mol. The Bertz CT molecular complexity index is 316. The van der Waals surface area contributed by atoms with Gasteiger partial charge < -0.3 is 5.32 Å². The summed E-state index contributed by atoms with van der Waals surface area (Å²) in [6.45, 7) is 4.64. The molecule has 0 bridgehead atoms. The molecule has 0 aromatic heterocycles. The highest BCUT2D eigenvalue weighted by atomic mass is 35.5. The molecule has 1 aromatic carbocycles. The maximum Gasteiger partial charge on any atom is 0.251 e. The molecule has 0 aliphatic rings. The summed E-state index contributed by atoms with van der Waals surface area (Å²) < 4.78 is 0. The molecule has 14 heavy (non-hydrogen) atoms. The smallest absolute Gasteiger partial charge is 0.251 e. The fourth-order valence-corrected chi connectivity index (χ4v) is 1.50. The van der Waals surface area contributed by atoms with Crippen LogP contribution in [0, 0.1) is 6.92 Å². The quantitative estimate of drug-likeness (QED) is 0.819. The third-order valence-electron chi connectivity index (χ3n) is 1.84. The third-order valence-corrected chi connectivity index (χ3v) is 2.06. The number of rotatable bonds is 3. The molecule has 0 fully saturated rings. The number of halogens is 1. The Kier molecular flexibility index (Phi) is 3.96. The summed E-state index contributed by atoms with van der Waals surface area (Å²) in [6.07, 6.45) is 0.936. The fraction of sp³-hybridized carbons (Fsp3) is 0.364. The highest BCUT2D eigenvalue weighted by Gasteiger charge is 2.05. The highest BCUT2D eigenvalue weighted by molar-refractivity contribution is 6.31. The summed E-state index contributed by atoms with van der Waals surface area (Å²) in [6, 6.07) is 5.34. The molecule has 3 heteroatoms. The van der Waals surface area contributed by atoms with E-state index in [0.717, 1.165) is 12.0 Å². The first-order valence-corrected chi connectivity index (χ1v) is 5.06. The zero-order valence-electron chi connectivity index (χ0n) is 8.43. The topological polar surface area (TPSA) is 29.1 Å². The van der Waals surface area contributed by atoms with Gasteiger partial charge in [0, 0.05) is 17.1 Å². The number of benzene rings is 1. The fourth-order valence-electron chi connectivity index (χ4n) is 1.21. The van der Waals surface area contributed by atoms with Gasteiger partial charge >= 0.3 is 0 Å². The molecule has 2 nitrogen and oxygen atoms in total. The second-order valence-corrected chi connectivity index (χ2v) is 3.71. The van der Waals surface area contributed by atoms with Crippen molar-refractivity contribution in [2.24, 2.45) is 0 Å². The largest absolute Gasteiger partial charge is 0.352 e. The first-order chi connectivity index (χ1) is 6.63. The summed E-state index contributed by atoms with van der Waals surface area (Å²) in [7, 11) is 0. The molecule has 0 saturated carbocycles. The van der Waals surface area contributed by atoms with Crippen molar-refractivity contribution in [1.29, 1.82) is 0 Å². The number of hydrogen-bond acceptors (Lipinski definition) is 1. The standard InChI is InChI=1S/C11H14ClNO/c1-3-4-13-11(14)9-5-8(2)6-10(12)7-9/h5-7H,3-4H2,1-2H3,(H,13,14). The Labute approximate surface area is 89.3 Å². The normalized spacial score (nSPS) is 9.93. The SMILES string of the molecule is CCCNC(=O)c1cc(C)cc(Cl)c1. The Morgan fingerprint density at radius 2 is 2.14 bits per heavy atom. The van der Waals surface area contributed by atoms with E-state index in [-0.39, 0.29) is 5.91 Å². The predicted octanol–water partition coefficient (Wildman–Crippen LogP) is 2.79. The Morgan fingerprint density at radius 1 is 1.43 bits per heavy atom. The van der Waals surface area contributed by atoms with Crippen molar-refractivity contribution in [2.45, 2.75) is 20.3 Å². The van der Waals surface area contributed by atoms with Gasteiger partial charge in [0.05, 0.1) is 0 Å². The number of hydrogen-bond donors (Lipinski definition) is 1. The molecule has 0 aliphatic carbocycles. The van der Waals surface area contributed by atoms with E-state index in [9.17, 15) is 4.79 Å². The number of carbonyl (C=O) groups is 1. The Morgan fingerprint density at radius 3 is 2.71 bits per heavy atom. The molecule has 0 saturated heterocycles. The van der Waals surface area contributed by atoms with Crippen LogP contribution < -0.4 is 5.32 Å². The maximum atomic E-state index is 11.5. The van der Waals surface area contributed by atoms with Gasteiger partial charge in [0.25, 0.3) is 5.91 Å². The van der Waals surface area contributed by atoms with Crippen molar-refractivity contribution < 1.29 is 4.79 Å². The minimum absolute atomic E-state index is 0.0579. The molecule has 0 unspecified atom stereocenters. The van der Waals surface area contributed by atoms with Gasteiger partial charge in [-0.05, 0) is 37.1 Å². The van der Waals surface area contributed by atoms with Gasteiger partial charge in [-0.15, -0.1) is 0 Å². The molecule has 0 aliphatic heterocycles. The molecule has 1 amide bonds. The predicted molar refractivity (Wildman–Crippen MR) is 58.8 cm³/mol. The number of carbonyl (C=O) groups excluding carboxylic acids is 1. The van der Waals surface area contributed by atoms with Crippen LogP contribution >= 0.6 is 11.6 Å². The maximum absolute atomic E-state index is 11.5. The lowest BCUT2D eigenvalue weighted by molar-refractivity contribution is 0.0953. The second-order valence-electron chi connectivity index (χ2n) is 3.27. The third kappa shape index (κ3) is 3.04. The van der Waals surface area contributed by atoms with Crippen LogP contribution in [0.2, 0.25) is 5.02 Å². The summed E-state index contributed by atoms with van der Waals surface area (Å²) in [5, 5.41) is 3.41. The summed E-state index contributed by atoms with van der Waals surface area (Å²) in [5.41, 5.74) is 1.63. The second kappa shape index (κ2) is 5.01. The lowest BCUT2D eigenvalue weighted by Gasteiger charge is -2.04. The Hall–Kier alpha value is -1.02. The van der Waals surface area contributed by atoms with Gasteiger partial charge in [-0.3, -0.25) is 4.79 Å². The Balaban J connectivity index is 2.79. The molecule has 1 N–H and O–H groups in total. The average Bonchev–Trinajstić information content (AvgIpc) is 2.12. The van der Waals surface area contributed by atoms with E-state index in [2.05, 4.69) is 5.32 Å². The van der Waals surface area contributed by atoms with E-state index in [4.69, 9.17) is 11.6 Å². The lowest BCUT2D eigenvalue weighted by Crippen LogP contribution is -2.23. The molecule has 0 atom stereocenters. The van der Waals surface area contributed by atoms with Gasteiger partial charge in [-0.25, -0.2) is 0 Å². The van der Waals surface area contributed by atoms with Crippen molar-refractivity contribution in [3.63, 3.8) is 0 Å². The zero-order chi connectivity index (χ0) is 10.6. The zero-order valence-corrected chi connectivity index (χ0v) is 9.19. The first-order valence-electron chi connectivity index (χ1n) is 4.69. The van der Waals surface area contributed by atoms with Gasteiger partial charge in [0.1, 0.15) is 0 Å². The van der Waals surface area contributed by atoms with Crippen LogP contribution in [0.25, 0.3) is 0 Å². The van der Waals surface area contributed by atoms with Crippen LogP contribution in [-0.2, 0) is 0 Å². The number of aryl methyl sites for hydroxylation is 1. The van der Waals surface area contributed by atoms with Crippen LogP contribution in [0.4, 0.5) is 0 Å². The van der Waals surface area contributed by atoms with E-state index in [0.29, 0.717) is 17.1 Å². The van der Waals surface area contributed by atoms with E-state index in [1.54, 1.807) is 6.07 Å². The molecule has 1 rings (SSSR count). The first kappa shape index (κ1) is 11.1. The average molecular weight is 212 g/mol. The van der Waals surface area contributed by atoms with E-state index < -0.39 is 0 Å². The number of amides is 1. The van der Waals surface area contributed by atoms with Crippen molar-refractivity contribution in [1.82, 2.24) is 5.32 Å². The van der Waals surface area contributed by atoms with Crippen LogP contribution in [0.3, 0.4) is 0 Å². The number of nitrogens with one attached hydrogen (secondary N) is 1. The molecule has 0 radical (unpaired) electrons. The minimum atomic E-state index is -0.0579. The van der Waals surface area contributed by atoms with E-state index >= 15 is 0 Å². The summed E-state index contributed by atoms with van der Waals surface area (Å²) >= 11 is 5.85. The molecular formula is C11H14ClNO. The minimum Gasteiger partial charge on any atom is -0.352 e. The van der Waals surface area contributed by atoms with Crippen LogP contribution in [0.1, 0.15) is 29.3 Å². The summed E-state index contributed by atoms with van der Waals surface area (Å²) in [5.74, 6) is -0.0579. The van der Waals surface area contributed by atoms with Crippen LogP contribution in [0.5, 0.6) is 0 Å². The molecule has 0 spiro atoms. The summed E-state index contributed by atoms with van der Waals surface area (Å²) in [4.78, 5) is 11.5. The van der Waals surface area contributed by atoms with E-state index in [1.165, 1.54) is 0 Å². The van der Waals surface area contributed by atoms with Gasteiger partial charge in [0.15, 0.2) is 0 Å². The van der Waals surface area contributed by atoms with Crippen LogP contribution in [0.15, 0.2) is 18.2 Å². The lowest BCUT2D eigenvalue weighted by atomic mass is 10.1. The van der Waals surface area contributed by atoms with Gasteiger partial charge in [0.2, 0.25) is 0 Å². The van der Waals surface area contributed by atoms with Gasteiger partial charge in [-0.2, -0.15) is 0 Å². The van der Waals surface area contributed by atoms with Crippen molar-refractivity contribution in [3.05, 3.63) is 34.3 Å².